The maximum absolute atomic E-state index is 10.5. The van der Waals surface area contributed by atoms with Crippen LogP contribution in [0.25, 0.3) is 0 Å². The highest BCUT2D eigenvalue weighted by atomic mass is 79.9. The summed E-state index contributed by atoms with van der Waals surface area (Å²) in [7, 11) is 0. The lowest BCUT2D eigenvalue weighted by atomic mass is 10.3. The van der Waals surface area contributed by atoms with E-state index in [0.29, 0.717) is 4.48 Å². The molecule has 0 fully saturated rings. The van der Waals surface area contributed by atoms with Crippen LogP contribution < -0.4 is 17.0 Å². The predicted octanol–water partition coefficient (Wildman–Crippen LogP) is -2.05. The van der Waals surface area contributed by atoms with Crippen molar-refractivity contribution in [3.63, 3.8) is 0 Å². The summed E-state index contributed by atoms with van der Waals surface area (Å²) in [4.78, 5) is 10.5. The zero-order chi connectivity index (χ0) is 8.91. The fourth-order valence-corrected chi connectivity index (χ4v) is 1.29. The fraction of sp³-hybridized carbons (Fsp3) is 0.875. The van der Waals surface area contributed by atoms with Gasteiger partial charge in [0.1, 0.15) is 0 Å². The van der Waals surface area contributed by atoms with Crippen molar-refractivity contribution in [1.82, 2.24) is 0 Å². The van der Waals surface area contributed by atoms with E-state index >= 15 is 0 Å². The lowest BCUT2D eigenvalue weighted by molar-refractivity contribution is -0.916. The topological polar surface area (TPSA) is 37.3 Å². The summed E-state index contributed by atoms with van der Waals surface area (Å²) in [5.41, 5.74) is 0. The van der Waals surface area contributed by atoms with Crippen LogP contribution in [0.5, 0.6) is 0 Å². The zero-order valence-corrected chi connectivity index (χ0v) is 9.60. The number of carboxylic acid groups (broad SMARTS) is 1. The molecular weight excluding hydrogens is 222 g/mol. The Balaban J connectivity index is 0. The molecule has 0 amide bonds. The second-order valence-electron chi connectivity index (χ2n) is 2.84. The smallest absolute Gasteiger partial charge is 0.359 e. The zero-order valence-electron chi connectivity index (χ0n) is 8.01. The molecule has 0 unspecified atom stereocenters. The van der Waals surface area contributed by atoms with Gasteiger partial charge in [0, 0.05) is 0 Å². The van der Waals surface area contributed by atoms with Crippen molar-refractivity contribution in [2.24, 2.45) is 0 Å². The maximum Gasteiger partial charge on any atom is 0.359 e. The molecule has 0 atom stereocenters. The Morgan fingerprint density at radius 1 is 1.17 bits per heavy atom. The second-order valence-corrected chi connectivity index (χ2v) is 2.84. The van der Waals surface area contributed by atoms with Gasteiger partial charge in [-0.15, -0.1) is 0 Å². The maximum atomic E-state index is 10.5. The van der Waals surface area contributed by atoms with Crippen LogP contribution in [-0.4, -0.2) is 41.7 Å². The number of nitrogens with zero attached hydrogens (tertiary/aromatic N) is 1. The van der Waals surface area contributed by atoms with Gasteiger partial charge in [0.25, 0.3) is 0 Å². The first-order chi connectivity index (χ1) is 5.10. The second kappa shape index (κ2) is 6.43. The van der Waals surface area contributed by atoms with Crippen LogP contribution in [0.1, 0.15) is 20.8 Å². The highest BCUT2D eigenvalue weighted by Gasteiger charge is 2.23. The molecule has 0 spiro atoms. The van der Waals surface area contributed by atoms with Crippen molar-refractivity contribution in [2.45, 2.75) is 20.8 Å². The van der Waals surface area contributed by atoms with Crippen molar-refractivity contribution in [3.05, 3.63) is 0 Å². The Labute approximate surface area is 84.7 Å². The first kappa shape index (κ1) is 14.4. The van der Waals surface area contributed by atoms with E-state index in [4.69, 9.17) is 5.11 Å². The van der Waals surface area contributed by atoms with Crippen LogP contribution in [0, 0.1) is 0 Å². The predicted molar refractivity (Wildman–Crippen MR) is 44.4 cm³/mol. The van der Waals surface area contributed by atoms with Gasteiger partial charge in [0.2, 0.25) is 0 Å². The van der Waals surface area contributed by atoms with Crippen LogP contribution in [-0.2, 0) is 4.79 Å². The lowest BCUT2D eigenvalue weighted by Crippen LogP contribution is -3.00. The summed E-state index contributed by atoms with van der Waals surface area (Å²) in [5.74, 6) is -0.699. The van der Waals surface area contributed by atoms with Gasteiger partial charge in [-0.05, 0) is 20.8 Å². The summed E-state index contributed by atoms with van der Waals surface area (Å²) in [6.45, 7) is 9.07. The molecule has 1 N–H and O–H groups in total. The van der Waals surface area contributed by atoms with Gasteiger partial charge in [-0.3, -0.25) is 0 Å². The van der Waals surface area contributed by atoms with Crippen molar-refractivity contribution >= 4 is 5.97 Å². The van der Waals surface area contributed by atoms with Crippen LogP contribution in [0.15, 0.2) is 0 Å². The summed E-state index contributed by atoms with van der Waals surface area (Å²) < 4.78 is 0.690. The number of carboxylic acids is 1. The molecule has 0 aliphatic carbocycles. The van der Waals surface area contributed by atoms with Gasteiger partial charge >= 0.3 is 5.97 Å². The van der Waals surface area contributed by atoms with E-state index in [-0.39, 0.29) is 23.5 Å². The van der Waals surface area contributed by atoms with Crippen LogP contribution >= 0.6 is 0 Å². The van der Waals surface area contributed by atoms with Gasteiger partial charge in [-0.1, -0.05) is 0 Å². The molecule has 4 heteroatoms. The number of rotatable bonds is 5. The first-order valence-electron chi connectivity index (χ1n) is 4.17. The highest BCUT2D eigenvalue weighted by Crippen LogP contribution is 2.04. The molecule has 74 valence electrons. The molecule has 0 saturated heterocycles. The van der Waals surface area contributed by atoms with E-state index in [1.165, 1.54) is 0 Å². The number of hydrogen-bond donors (Lipinski definition) is 1. The molecule has 0 aliphatic rings. The molecule has 0 aliphatic heterocycles. The average molecular weight is 240 g/mol. The standard InChI is InChI=1S/C8H17NO2.BrH/c1-4-9(5-2,6-3)7-8(10)11;/h4-7H2,1-3H3;1H. The largest absolute Gasteiger partial charge is 1.00 e. The number of carbonyl (C=O) groups is 1. The molecule has 0 heterocycles. The number of halogens is 1. The van der Waals surface area contributed by atoms with E-state index < -0.39 is 5.97 Å². The molecule has 0 aromatic carbocycles. The first-order valence-corrected chi connectivity index (χ1v) is 4.17. The monoisotopic (exact) mass is 239 g/mol. The van der Waals surface area contributed by atoms with Crippen molar-refractivity contribution in [1.29, 1.82) is 0 Å². The minimum Gasteiger partial charge on any atom is -1.00 e. The summed E-state index contributed by atoms with van der Waals surface area (Å²) in [6.07, 6.45) is 0. The fourth-order valence-electron chi connectivity index (χ4n) is 1.29. The number of quaternary nitrogens is 1. The molecular formula is C8H18BrNO2. The minimum absolute atomic E-state index is 0. The number of hydrogen-bond acceptors (Lipinski definition) is 1. The number of likely N-dealkylation sites (N-methyl/N-ethyl adjacent to an activating group) is 1. The molecule has 0 rings (SSSR count). The molecule has 0 aromatic rings. The quantitative estimate of drug-likeness (QED) is 0.562. The Morgan fingerprint density at radius 3 is 1.58 bits per heavy atom. The van der Waals surface area contributed by atoms with Gasteiger partial charge < -0.3 is 26.6 Å². The lowest BCUT2D eigenvalue weighted by Gasteiger charge is -2.33. The van der Waals surface area contributed by atoms with Crippen LogP contribution in [0.2, 0.25) is 0 Å². The van der Waals surface area contributed by atoms with E-state index in [1.807, 2.05) is 20.8 Å². The summed E-state index contributed by atoms with van der Waals surface area (Å²) >= 11 is 0. The Kier molecular flexibility index (Phi) is 7.73. The number of aliphatic carboxylic acids is 1. The normalized spacial score (nSPS) is 10.6. The van der Waals surface area contributed by atoms with Crippen LogP contribution in [0.4, 0.5) is 0 Å². The minimum atomic E-state index is -0.699. The average Bonchev–Trinajstić information content (AvgIpc) is 2.00. The molecule has 0 bridgehead atoms. The van der Waals surface area contributed by atoms with Gasteiger partial charge in [0.05, 0.1) is 19.6 Å². The van der Waals surface area contributed by atoms with E-state index in [2.05, 4.69) is 0 Å². The van der Waals surface area contributed by atoms with Gasteiger partial charge in [-0.2, -0.15) is 0 Å². The third-order valence-corrected chi connectivity index (χ3v) is 2.48. The SMILES string of the molecule is CC[N+](CC)(CC)CC(=O)O.[Br-]. The summed E-state index contributed by atoms with van der Waals surface area (Å²) in [5, 5.41) is 8.63. The molecule has 0 aromatic heterocycles. The van der Waals surface area contributed by atoms with E-state index in [0.717, 1.165) is 19.6 Å². The van der Waals surface area contributed by atoms with Crippen molar-refractivity contribution in [3.8, 4) is 0 Å². The highest BCUT2D eigenvalue weighted by molar-refractivity contribution is 5.67. The van der Waals surface area contributed by atoms with Crippen molar-refractivity contribution in [2.75, 3.05) is 26.2 Å². The molecule has 0 radical (unpaired) electrons. The summed E-state index contributed by atoms with van der Waals surface area (Å²) in [6, 6.07) is 0. The van der Waals surface area contributed by atoms with Crippen molar-refractivity contribution < 1.29 is 31.4 Å². The van der Waals surface area contributed by atoms with E-state index in [9.17, 15) is 4.79 Å². The van der Waals surface area contributed by atoms with Gasteiger partial charge in [-0.25, -0.2) is 4.79 Å². The molecule has 12 heavy (non-hydrogen) atoms. The Hall–Kier alpha value is -0.0900. The Bertz CT molecular complexity index is 127. The van der Waals surface area contributed by atoms with Crippen LogP contribution in [0.3, 0.4) is 0 Å². The van der Waals surface area contributed by atoms with Gasteiger partial charge in [0.15, 0.2) is 6.54 Å². The Morgan fingerprint density at radius 2 is 1.50 bits per heavy atom. The molecule has 0 saturated carbocycles. The molecule has 3 nitrogen and oxygen atoms in total. The third kappa shape index (κ3) is 4.07. The van der Waals surface area contributed by atoms with E-state index in [1.54, 1.807) is 0 Å². The third-order valence-electron chi connectivity index (χ3n) is 2.48.